The Morgan fingerprint density at radius 3 is 2.58 bits per heavy atom. The van der Waals surface area contributed by atoms with Gasteiger partial charge < -0.3 is 24.4 Å². The molecule has 1 amide bonds. The van der Waals surface area contributed by atoms with Crippen LogP contribution in [0.2, 0.25) is 0 Å². The van der Waals surface area contributed by atoms with E-state index in [9.17, 15) is 9.59 Å². The van der Waals surface area contributed by atoms with Crippen molar-refractivity contribution in [2.24, 2.45) is 5.92 Å². The Hall–Kier alpha value is -3.29. The highest BCUT2D eigenvalue weighted by Crippen LogP contribution is 2.34. The number of carbonyl (C=O) groups excluding carboxylic acids is 2. The van der Waals surface area contributed by atoms with Crippen LogP contribution in [0.25, 0.3) is 11.0 Å². The fourth-order valence-corrected chi connectivity index (χ4v) is 3.59. The maximum atomic E-state index is 12.8. The predicted molar refractivity (Wildman–Crippen MR) is 121 cm³/mol. The minimum Gasteiger partial charge on any atom is -0.472 e. The van der Waals surface area contributed by atoms with Crippen LogP contribution >= 0.6 is 0 Å². The monoisotopic (exact) mass is 426 g/mol. The van der Waals surface area contributed by atoms with E-state index in [2.05, 4.69) is 43.3 Å². The molecule has 0 aliphatic heterocycles. The van der Waals surface area contributed by atoms with Gasteiger partial charge in [-0.3, -0.25) is 4.79 Å². The lowest BCUT2D eigenvalue weighted by Crippen LogP contribution is -2.18. The number of rotatable bonds is 9. The number of fused-ring (bicyclic) bond motifs is 1. The second kappa shape index (κ2) is 9.68. The standard InChI is InChI=1S/C23H30N4O4/c1-6-16(7-2)25-17-10-18-19(26-22(28)15-8-9-31-13-15)20(23(29)30-5)27(12-14(3)4)21(18)24-11-17/h8-11,13-14,16,25H,6-7,12H2,1-5H3,(H,26,28). The van der Waals surface area contributed by atoms with Crippen LogP contribution in [0.15, 0.2) is 35.3 Å². The molecule has 3 rings (SSSR count). The van der Waals surface area contributed by atoms with Gasteiger partial charge in [0, 0.05) is 18.0 Å². The summed E-state index contributed by atoms with van der Waals surface area (Å²) in [4.78, 5) is 30.2. The number of ether oxygens (including phenoxy) is 1. The number of anilines is 2. The summed E-state index contributed by atoms with van der Waals surface area (Å²) in [7, 11) is 1.33. The molecule has 0 bridgehead atoms. The lowest BCUT2D eigenvalue weighted by Gasteiger charge is -2.16. The third-order valence-electron chi connectivity index (χ3n) is 5.20. The second-order valence-corrected chi connectivity index (χ2v) is 7.94. The average Bonchev–Trinajstić information content (AvgIpc) is 3.39. The molecule has 31 heavy (non-hydrogen) atoms. The minimum absolute atomic E-state index is 0.251. The molecule has 3 heterocycles. The number of esters is 1. The summed E-state index contributed by atoms with van der Waals surface area (Å²) in [5.41, 5.74) is 2.47. The Morgan fingerprint density at radius 2 is 2.00 bits per heavy atom. The van der Waals surface area contributed by atoms with Crippen LogP contribution in [0, 0.1) is 5.92 Å². The van der Waals surface area contributed by atoms with Gasteiger partial charge in [-0.05, 0) is 30.9 Å². The van der Waals surface area contributed by atoms with Crippen molar-refractivity contribution in [1.29, 1.82) is 0 Å². The molecule has 0 saturated carbocycles. The highest BCUT2D eigenvalue weighted by molar-refractivity contribution is 6.14. The van der Waals surface area contributed by atoms with E-state index >= 15 is 0 Å². The van der Waals surface area contributed by atoms with E-state index in [0.29, 0.717) is 34.9 Å². The Morgan fingerprint density at radius 1 is 1.26 bits per heavy atom. The molecule has 0 radical (unpaired) electrons. The molecular weight excluding hydrogens is 396 g/mol. The van der Waals surface area contributed by atoms with Crippen molar-refractivity contribution in [2.45, 2.75) is 53.1 Å². The number of hydrogen-bond donors (Lipinski definition) is 2. The smallest absolute Gasteiger partial charge is 0.356 e. The van der Waals surface area contributed by atoms with E-state index < -0.39 is 5.97 Å². The maximum Gasteiger partial charge on any atom is 0.356 e. The molecule has 8 nitrogen and oxygen atoms in total. The number of aromatic nitrogens is 2. The molecule has 0 aliphatic rings. The maximum absolute atomic E-state index is 12.8. The molecule has 8 heteroatoms. The fourth-order valence-electron chi connectivity index (χ4n) is 3.59. The normalized spacial score (nSPS) is 11.3. The Balaban J connectivity index is 2.18. The van der Waals surface area contributed by atoms with E-state index in [1.54, 1.807) is 12.3 Å². The molecule has 3 aromatic heterocycles. The predicted octanol–water partition coefficient (Wildman–Crippen LogP) is 4.92. The fraction of sp³-hybridized carbons (Fsp3) is 0.435. The van der Waals surface area contributed by atoms with E-state index in [4.69, 9.17) is 9.15 Å². The minimum atomic E-state index is -0.532. The van der Waals surface area contributed by atoms with Crippen LogP contribution in [0.3, 0.4) is 0 Å². The largest absolute Gasteiger partial charge is 0.472 e. The number of nitrogens with zero attached hydrogens (tertiary/aromatic N) is 2. The van der Waals surface area contributed by atoms with E-state index in [-0.39, 0.29) is 17.5 Å². The van der Waals surface area contributed by atoms with Crippen molar-refractivity contribution >= 4 is 34.3 Å². The van der Waals surface area contributed by atoms with Gasteiger partial charge in [-0.2, -0.15) is 0 Å². The van der Waals surface area contributed by atoms with Crippen molar-refractivity contribution < 1.29 is 18.7 Å². The van der Waals surface area contributed by atoms with Gasteiger partial charge >= 0.3 is 5.97 Å². The van der Waals surface area contributed by atoms with Gasteiger partial charge in [-0.15, -0.1) is 0 Å². The molecule has 0 atom stereocenters. The Labute approximate surface area is 182 Å². The molecule has 0 fully saturated rings. The van der Waals surface area contributed by atoms with Gasteiger partial charge in [0.1, 0.15) is 11.9 Å². The summed E-state index contributed by atoms with van der Waals surface area (Å²) in [6.45, 7) is 8.91. The van der Waals surface area contributed by atoms with Gasteiger partial charge in [0.05, 0.1) is 36.5 Å². The topological polar surface area (TPSA) is 98.4 Å². The first-order valence-electron chi connectivity index (χ1n) is 10.6. The molecule has 0 aromatic carbocycles. The molecule has 0 saturated heterocycles. The lowest BCUT2D eigenvalue weighted by atomic mass is 10.1. The summed E-state index contributed by atoms with van der Waals surface area (Å²) >= 11 is 0. The van der Waals surface area contributed by atoms with Crippen molar-refractivity contribution in [2.75, 3.05) is 17.7 Å². The number of amides is 1. The van der Waals surface area contributed by atoms with Crippen LogP contribution in [-0.2, 0) is 11.3 Å². The zero-order valence-corrected chi connectivity index (χ0v) is 18.7. The summed E-state index contributed by atoms with van der Waals surface area (Å²) in [6, 6.07) is 3.80. The summed E-state index contributed by atoms with van der Waals surface area (Å²) in [6.07, 6.45) is 6.50. The number of methoxy groups -OCH3 is 1. The van der Waals surface area contributed by atoms with Crippen LogP contribution in [0.5, 0.6) is 0 Å². The van der Waals surface area contributed by atoms with Crippen molar-refractivity contribution in [3.63, 3.8) is 0 Å². The van der Waals surface area contributed by atoms with Crippen LogP contribution < -0.4 is 10.6 Å². The summed E-state index contributed by atoms with van der Waals surface area (Å²) in [5.74, 6) is -0.655. The summed E-state index contributed by atoms with van der Waals surface area (Å²) < 4.78 is 11.9. The molecular formula is C23H30N4O4. The first kappa shape index (κ1) is 22.4. The lowest BCUT2D eigenvalue weighted by molar-refractivity contribution is 0.0589. The van der Waals surface area contributed by atoms with Gasteiger partial charge in [0.2, 0.25) is 0 Å². The SMILES string of the molecule is CCC(CC)Nc1cnc2c(c1)c(NC(=O)c1ccoc1)c(C(=O)OC)n2CC(C)C. The number of pyridine rings is 1. The number of hydrogen-bond acceptors (Lipinski definition) is 6. The molecule has 2 N–H and O–H groups in total. The van der Waals surface area contributed by atoms with E-state index in [0.717, 1.165) is 18.5 Å². The van der Waals surface area contributed by atoms with Crippen LogP contribution in [0.4, 0.5) is 11.4 Å². The Kier molecular flexibility index (Phi) is 6.99. The first-order chi connectivity index (χ1) is 14.9. The number of nitrogens with one attached hydrogen (secondary N) is 2. The Bertz CT molecular complexity index is 1050. The average molecular weight is 427 g/mol. The summed E-state index contributed by atoms with van der Waals surface area (Å²) in [5, 5.41) is 7.04. The molecule has 3 aromatic rings. The van der Waals surface area contributed by atoms with Gasteiger partial charge in [0.25, 0.3) is 5.91 Å². The zero-order valence-electron chi connectivity index (χ0n) is 18.7. The van der Waals surface area contributed by atoms with Gasteiger partial charge in [-0.25, -0.2) is 9.78 Å². The highest BCUT2D eigenvalue weighted by Gasteiger charge is 2.27. The number of carbonyl (C=O) groups is 2. The van der Waals surface area contributed by atoms with Crippen molar-refractivity contribution in [1.82, 2.24) is 9.55 Å². The third-order valence-corrected chi connectivity index (χ3v) is 5.20. The third kappa shape index (κ3) is 4.73. The zero-order chi connectivity index (χ0) is 22.5. The van der Waals surface area contributed by atoms with E-state index in [1.165, 1.54) is 19.6 Å². The first-order valence-corrected chi connectivity index (χ1v) is 10.6. The van der Waals surface area contributed by atoms with Gasteiger partial charge in [-0.1, -0.05) is 27.7 Å². The highest BCUT2D eigenvalue weighted by atomic mass is 16.5. The quantitative estimate of drug-likeness (QED) is 0.471. The second-order valence-electron chi connectivity index (χ2n) is 7.94. The van der Waals surface area contributed by atoms with Crippen molar-refractivity contribution in [3.8, 4) is 0 Å². The number of furan rings is 1. The van der Waals surface area contributed by atoms with E-state index in [1.807, 2.05) is 10.6 Å². The van der Waals surface area contributed by atoms with Crippen LogP contribution in [-0.4, -0.2) is 34.6 Å². The molecule has 166 valence electrons. The van der Waals surface area contributed by atoms with Crippen molar-refractivity contribution in [3.05, 3.63) is 42.1 Å². The molecule has 0 unspecified atom stereocenters. The van der Waals surface area contributed by atoms with Crippen LogP contribution in [0.1, 0.15) is 61.4 Å². The van der Waals surface area contributed by atoms with Gasteiger partial charge in [0.15, 0.2) is 5.69 Å². The molecule has 0 spiro atoms. The molecule has 0 aliphatic carbocycles.